The maximum absolute atomic E-state index is 14.1. The number of rotatable bonds is 6. The van der Waals surface area contributed by atoms with E-state index in [1.165, 1.54) is 48.4 Å². The molecule has 0 aliphatic carbocycles. The Morgan fingerprint density at radius 2 is 1.91 bits per heavy atom. The number of ketones is 1. The van der Waals surface area contributed by atoms with E-state index in [0.29, 0.717) is 44.2 Å². The highest BCUT2D eigenvalue weighted by molar-refractivity contribution is 6.46. The molecule has 2 fully saturated rings. The van der Waals surface area contributed by atoms with Gasteiger partial charge in [0.05, 0.1) is 37.5 Å². The number of phenols is 1. The molecule has 2 aromatic rings. The van der Waals surface area contributed by atoms with Gasteiger partial charge in [-0.2, -0.15) is 0 Å². The number of ether oxygens (including phenoxy) is 2. The largest absolute Gasteiger partial charge is 0.507 e. The van der Waals surface area contributed by atoms with Gasteiger partial charge in [0.1, 0.15) is 23.1 Å². The van der Waals surface area contributed by atoms with Crippen molar-refractivity contribution in [3.05, 3.63) is 65.0 Å². The summed E-state index contributed by atoms with van der Waals surface area (Å²) in [4.78, 5) is 29.5. The smallest absolute Gasteiger partial charge is 0.295 e. The fourth-order valence-electron chi connectivity index (χ4n) is 4.19. The van der Waals surface area contributed by atoms with Crippen LogP contribution in [0.25, 0.3) is 5.76 Å². The van der Waals surface area contributed by atoms with E-state index in [0.717, 1.165) is 0 Å². The monoisotopic (exact) mass is 456 g/mol. The van der Waals surface area contributed by atoms with E-state index in [4.69, 9.17) is 9.47 Å². The van der Waals surface area contributed by atoms with Crippen molar-refractivity contribution in [2.75, 3.05) is 46.5 Å². The molecule has 2 saturated heterocycles. The summed E-state index contributed by atoms with van der Waals surface area (Å²) in [5.41, 5.74) is 0.127. The zero-order chi connectivity index (χ0) is 23.5. The first-order chi connectivity index (χ1) is 15.9. The van der Waals surface area contributed by atoms with Crippen molar-refractivity contribution >= 4 is 17.4 Å². The third-order valence-electron chi connectivity index (χ3n) is 5.93. The van der Waals surface area contributed by atoms with E-state index in [-0.39, 0.29) is 23.4 Å². The number of amides is 1. The summed E-state index contributed by atoms with van der Waals surface area (Å²) in [6.45, 7) is 3.28. The van der Waals surface area contributed by atoms with E-state index in [2.05, 4.69) is 4.90 Å². The minimum absolute atomic E-state index is 0.0246. The van der Waals surface area contributed by atoms with Crippen LogP contribution in [0.5, 0.6) is 11.5 Å². The van der Waals surface area contributed by atoms with Crippen LogP contribution in [0.1, 0.15) is 17.2 Å². The Balaban J connectivity index is 1.76. The molecule has 0 spiro atoms. The van der Waals surface area contributed by atoms with Crippen LogP contribution in [0.15, 0.2) is 48.0 Å². The van der Waals surface area contributed by atoms with Gasteiger partial charge >= 0.3 is 0 Å². The van der Waals surface area contributed by atoms with Crippen molar-refractivity contribution < 1.29 is 33.7 Å². The van der Waals surface area contributed by atoms with Gasteiger partial charge in [0, 0.05) is 32.2 Å². The topological polar surface area (TPSA) is 99.5 Å². The Kier molecular flexibility index (Phi) is 6.62. The number of methoxy groups -OCH3 is 1. The number of Topliss-reactive ketones (excluding diaryl/α,β-unsaturated/α-hetero) is 1. The molecule has 8 nitrogen and oxygen atoms in total. The van der Waals surface area contributed by atoms with Crippen LogP contribution in [0.3, 0.4) is 0 Å². The number of nitrogens with zero attached hydrogens (tertiary/aromatic N) is 2. The van der Waals surface area contributed by atoms with Gasteiger partial charge in [-0.05, 0) is 29.8 Å². The molecule has 4 rings (SSSR count). The fraction of sp³-hybridized carbons (Fsp3) is 0.333. The molecule has 0 bridgehead atoms. The zero-order valence-electron chi connectivity index (χ0n) is 18.2. The first kappa shape index (κ1) is 22.8. The van der Waals surface area contributed by atoms with Gasteiger partial charge < -0.3 is 24.6 Å². The van der Waals surface area contributed by atoms with Gasteiger partial charge in [-0.25, -0.2) is 4.39 Å². The number of hydrogen-bond donors (Lipinski definition) is 2. The molecule has 174 valence electrons. The number of phenolic OH excluding ortho intramolecular Hbond substituents is 1. The van der Waals surface area contributed by atoms with Crippen LogP contribution in [-0.2, 0) is 14.3 Å². The highest BCUT2D eigenvalue weighted by Gasteiger charge is 2.46. The lowest BCUT2D eigenvalue weighted by Gasteiger charge is -2.31. The number of hydrogen-bond acceptors (Lipinski definition) is 7. The number of carbonyl (C=O) groups is 2. The Morgan fingerprint density at radius 3 is 2.58 bits per heavy atom. The number of likely N-dealkylation sites (tertiary alicyclic amines) is 1. The normalized spacial score (nSPS) is 20.9. The van der Waals surface area contributed by atoms with Gasteiger partial charge in [0.2, 0.25) is 0 Å². The zero-order valence-corrected chi connectivity index (χ0v) is 18.2. The molecule has 1 atom stereocenters. The molecule has 1 amide bonds. The van der Waals surface area contributed by atoms with Crippen molar-refractivity contribution in [3.63, 3.8) is 0 Å². The van der Waals surface area contributed by atoms with Crippen LogP contribution < -0.4 is 4.74 Å². The van der Waals surface area contributed by atoms with Crippen molar-refractivity contribution in [2.45, 2.75) is 6.04 Å². The molecule has 2 aliphatic heterocycles. The minimum Gasteiger partial charge on any atom is -0.507 e. The number of aliphatic hydroxyl groups is 1. The number of halogens is 1. The summed E-state index contributed by atoms with van der Waals surface area (Å²) in [7, 11) is 1.43. The van der Waals surface area contributed by atoms with Gasteiger partial charge in [0.25, 0.3) is 11.7 Å². The standard InChI is InChI=1S/C24H25FN2O6/c1-32-17-5-6-18(19(28)14-17)22(29)20-21(15-3-2-4-16(25)13-15)27(24(31)23(20)30)8-7-26-9-11-33-12-10-26/h2-6,13-14,21,28-29H,7-12H2,1H3/t21-/m0/s1. The molecule has 33 heavy (non-hydrogen) atoms. The highest BCUT2D eigenvalue weighted by atomic mass is 19.1. The van der Waals surface area contributed by atoms with Crippen LogP contribution >= 0.6 is 0 Å². The summed E-state index contributed by atoms with van der Waals surface area (Å²) in [5.74, 6) is -2.69. The third-order valence-corrected chi connectivity index (χ3v) is 5.93. The Labute approximate surface area is 190 Å². The second-order valence-electron chi connectivity index (χ2n) is 7.88. The molecule has 2 heterocycles. The lowest BCUT2D eigenvalue weighted by molar-refractivity contribution is -0.140. The van der Waals surface area contributed by atoms with E-state index in [1.807, 2.05) is 0 Å². The molecule has 0 unspecified atom stereocenters. The van der Waals surface area contributed by atoms with Gasteiger partial charge in [0.15, 0.2) is 0 Å². The lowest BCUT2D eigenvalue weighted by atomic mass is 9.95. The van der Waals surface area contributed by atoms with Crippen LogP contribution in [0, 0.1) is 5.82 Å². The van der Waals surface area contributed by atoms with Crippen molar-refractivity contribution in [1.29, 1.82) is 0 Å². The molecule has 0 aromatic heterocycles. The maximum atomic E-state index is 14.1. The Morgan fingerprint density at radius 1 is 1.15 bits per heavy atom. The molecule has 2 N–H and O–H groups in total. The summed E-state index contributed by atoms with van der Waals surface area (Å²) in [6.07, 6.45) is 0. The maximum Gasteiger partial charge on any atom is 0.295 e. The average Bonchev–Trinajstić information content (AvgIpc) is 3.07. The highest BCUT2D eigenvalue weighted by Crippen LogP contribution is 2.41. The molecule has 0 saturated carbocycles. The second-order valence-corrected chi connectivity index (χ2v) is 7.88. The SMILES string of the molecule is COc1ccc(C(O)=C2C(=O)C(=O)N(CCN3CCOCC3)[C@H]2c2cccc(F)c2)c(O)c1. The van der Waals surface area contributed by atoms with Gasteiger partial charge in [-0.15, -0.1) is 0 Å². The fourth-order valence-corrected chi connectivity index (χ4v) is 4.19. The van der Waals surface area contributed by atoms with Crippen LogP contribution in [0.4, 0.5) is 4.39 Å². The molecule has 2 aromatic carbocycles. The molecule has 0 radical (unpaired) electrons. The van der Waals surface area contributed by atoms with Gasteiger partial charge in [-0.3, -0.25) is 14.5 Å². The lowest BCUT2D eigenvalue weighted by Crippen LogP contribution is -2.42. The van der Waals surface area contributed by atoms with E-state index < -0.39 is 29.3 Å². The summed E-state index contributed by atoms with van der Waals surface area (Å²) < 4.78 is 24.5. The average molecular weight is 456 g/mol. The van der Waals surface area contributed by atoms with E-state index >= 15 is 0 Å². The molecular formula is C24H25FN2O6. The number of aliphatic hydroxyl groups excluding tert-OH is 1. The Hall–Kier alpha value is -3.43. The third kappa shape index (κ3) is 4.55. The number of morpholine rings is 1. The van der Waals surface area contributed by atoms with Crippen LogP contribution in [0.2, 0.25) is 0 Å². The van der Waals surface area contributed by atoms with Crippen molar-refractivity contribution in [3.8, 4) is 11.5 Å². The predicted octanol–water partition coefficient (Wildman–Crippen LogP) is 2.29. The predicted molar refractivity (Wildman–Crippen MR) is 117 cm³/mol. The number of carbonyl (C=O) groups excluding carboxylic acids is 2. The Bertz CT molecular complexity index is 1100. The number of benzene rings is 2. The summed E-state index contributed by atoms with van der Waals surface area (Å²) >= 11 is 0. The van der Waals surface area contributed by atoms with E-state index in [9.17, 15) is 24.2 Å². The van der Waals surface area contributed by atoms with Crippen molar-refractivity contribution in [2.24, 2.45) is 0 Å². The number of aromatic hydroxyl groups is 1. The minimum atomic E-state index is -0.997. The first-order valence-corrected chi connectivity index (χ1v) is 10.6. The summed E-state index contributed by atoms with van der Waals surface area (Å²) in [6, 6.07) is 8.79. The molecule has 9 heteroatoms. The molecule has 2 aliphatic rings. The first-order valence-electron chi connectivity index (χ1n) is 10.6. The van der Waals surface area contributed by atoms with Gasteiger partial charge in [-0.1, -0.05) is 12.1 Å². The van der Waals surface area contributed by atoms with E-state index in [1.54, 1.807) is 6.07 Å². The molecular weight excluding hydrogens is 431 g/mol. The summed E-state index contributed by atoms with van der Waals surface area (Å²) in [5, 5.41) is 21.4. The van der Waals surface area contributed by atoms with Crippen LogP contribution in [-0.4, -0.2) is 78.2 Å². The quantitative estimate of drug-likeness (QED) is 0.391. The van der Waals surface area contributed by atoms with Crippen molar-refractivity contribution in [1.82, 2.24) is 9.80 Å². The second kappa shape index (κ2) is 9.60.